The van der Waals surface area contributed by atoms with E-state index in [1.54, 1.807) is 11.9 Å². The van der Waals surface area contributed by atoms with E-state index in [1.807, 2.05) is 30.3 Å². The minimum atomic E-state index is -2.89. The van der Waals surface area contributed by atoms with Gasteiger partial charge in [-0.15, -0.1) is 0 Å². The summed E-state index contributed by atoms with van der Waals surface area (Å²) in [6.45, 7) is 0. The van der Waals surface area contributed by atoms with Gasteiger partial charge < -0.3 is 4.90 Å². The molecule has 2 rings (SSSR count). The van der Waals surface area contributed by atoms with Gasteiger partial charge >= 0.3 is 0 Å². The smallest absolute Gasteiger partial charge is 0.152 e. The second kappa shape index (κ2) is 4.49. The van der Waals surface area contributed by atoms with Gasteiger partial charge in [0.25, 0.3) is 0 Å². The van der Waals surface area contributed by atoms with Gasteiger partial charge in [0.05, 0.1) is 11.5 Å². The van der Waals surface area contributed by atoms with Crippen molar-refractivity contribution < 1.29 is 8.42 Å². The quantitative estimate of drug-likeness (QED) is 0.634. The number of hydrogen-bond donors (Lipinski definition) is 1. The van der Waals surface area contributed by atoms with Crippen molar-refractivity contribution in [2.24, 2.45) is 0 Å². The maximum Gasteiger partial charge on any atom is 0.152 e. The first-order valence-corrected chi connectivity index (χ1v) is 7.39. The van der Waals surface area contributed by atoms with Gasteiger partial charge in [-0.3, -0.25) is 5.41 Å². The molecule has 1 N–H and O–H groups in total. The molecule has 0 saturated carbocycles. The lowest BCUT2D eigenvalue weighted by molar-refractivity contribution is 0.395. The van der Waals surface area contributed by atoms with Crippen LogP contribution in [-0.2, 0) is 9.84 Å². The van der Waals surface area contributed by atoms with Gasteiger partial charge in [0.1, 0.15) is 5.84 Å². The predicted molar refractivity (Wildman–Crippen MR) is 68.1 cm³/mol. The maximum atomic E-state index is 11.4. The van der Waals surface area contributed by atoms with Gasteiger partial charge in [-0.05, 0) is 6.42 Å². The summed E-state index contributed by atoms with van der Waals surface area (Å²) in [5.41, 5.74) is 0.819. The SMILES string of the molecule is CN(C(=N)c1ccccc1)C1CCS(=O)(=O)C1. The van der Waals surface area contributed by atoms with Crippen molar-refractivity contribution in [3.05, 3.63) is 35.9 Å². The van der Waals surface area contributed by atoms with Crippen LogP contribution in [0.4, 0.5) is 0 Å². The van der Waals surface area contributed by atoms with Crippen LogP contribution in [0.2, 0.25) is 0 Å². The normalized spacial score (nSPS) is 22.3. The Morgan fingerprint density at radius 3 is 2.53 bits per heavy atom. The Kier molecular flexibility index (Phi) is 3.19. The third-order valence-corrected chi connectivity index (χ3v) is 4.91. The van der Waals surface area contributed by atoms with Gasteiger partial charge in [-0.1, -0.05) is 30.3 Å². The molecule has 1 atom stereocenters. The Morgan fingerprint density at radius 1 is 1.35 bits per heavy atom. The van der Waals surface area contributed by atoms with E-state index >= 15 is 0 Å². The zero-order valence-electron chi connectivity index (χ0n) is 9.76. The Morgan fingerprint density at radius 2 is 2.00 bits per heavy atom. The summed E-state index contributed by atoms with van der Waals surface area (Å²) in [6.07, 6.45) is 0.619. The highest BCUT2D eigenvalue weighted by Gasteiger charge is 2.31. The Labute approximate surface area is 102 Å². The lowest BCUT2D eigenvalue weighted by Crippen LogP contribution is -2.37. The van der Waals surface area contributed by atoms with E-state index in [0.29, 0.717) is 12.3 Å². The summed E-state index contributed by atoms with van der Waals surface area (Å²) < 4.78 is 22.8. The molecule has 4 nitrogen and oxygen atoms in total. The highest BCUT2D eigenvalue weighted by molar-refractivity contribution is 7.91. The third-order valence-electron chi connectivity index (χ3n) is 3.16. The molecule has 1 fully saturated rings. The molecule has 1 aromatic rings. The fraction of sp³-hybridized carbons (Fsp3) is 0.417. The molecule has 1 aromatic carbocycles. The molecule has 0 aliphatic carbocycles. The molecule has 0 amide bonds. The molecule has 0 bridgehead atoms. The minimum absolute atomic E-state index is 0.0623. The van der Waals surface area contributed by atoms with Crippen LogP contribution in [0.5, 0.6) is 0 Å². The van der Waals surface area contributed by atoms with Gasteiger partial charge in [0.2, 0.25) is 0 Å². The second-order valence-electron chi connectivity index (χ2n) is 4.38. The van der Waals surface area contributed by atoms with E-state index in [1.165, 1.54) is 0 Å². The number of amidine groups is 1. The average molecular weight is 252 g/mol. The summed E-state index contributed by atoms with van der Waals surface area (Å²) in [4.78, 5) is 1.76. The third kappa shape index (κ3) is 2.66. The zero-order chi connectivity index (χ0) is 12.5. The van der Waals surface area contributed by atoms with Crippen LogP contribution in [0.15, 0.2) is 30.3 Å². The molecule has 92 valence electrons. The van der Waals surface area contributed by atoms with Gasteiger partial charge in [0, 0.05) is 18.7 Å². The Balaban J connectivity index is 2.11. The van der Waals surface area contributed by atoms with E-state index < -0.39 is 9.84 Å². The monoisotopic (exact) mass is 252 g/mol. The van der Waals surface area contributed by atoms with E-state index in [0.717, 1.165) is 5.56 Å². The van der Waals surface area contributed by atoms with Crippen LogP contribution < -0.4 is 0 Å². The lowest BCUT2D eigenvalue weighted by atomic mass is 10.1. The van der Waals surface area contributed by atoms with Gasteiger partial charge in [-0.25, -0.2) is 8.42 Å². The molecular formula is C12H16N2O2S. The van der Waals surface area contributed by atoms with Crippen molar-refractivity contribution >= 4 is 15.7 Å². The van der Waals surface area contributed by atoms with Crippen LogP contribution in [0.25, 0.3) is 0 Å². The molecule has 0 radical (unpaired) electrons. The molecule has 1 aliphatic heterocycles. The van der Waals surface area contributed by atoms with E-state index in [-0.39, 0.29) is 17.5 Å². The van der Waals surface area contributed by atoms with Crippen molar-refractivity contribution in [1.82, 2.24) is 4.90 Å². The van der Waals surface area contributed by atoms with E-state index in [9.17, 15) is 8.42 Å². The minimum Gasteiger partial charge on any atom is -0.356 e. The Hall–Kier alpha value is -1.36. The number of nitrogens with zero attached hydrogens (tertiary/aromatic N) is 1. The summed E-state index contributed by atoms with van der Waals surface area (Å²) in [5, 5.41) is 8.06. The summed E-state index contributed by atoms with van der Waals surface area (Å²) >= 11 is 0. The highest BCUT2D eigenvalue weighted by Crippen LogP contribution is 2.18. The first-order valence-electron chi connectivity index (χ1n) is 5.57. The maximum absolute atomic E-state index is 11.4. The van der Waals surface area contributed by atoms with Crippen molar-refractivity contribution in [1.29, 1.82) is 5.41 Å². The molecule has 1 aliphatic rings. The molecule has 0 aromatic heterocycles. The fourth-order valence-electron chi connectivity index (χ4n) is 2.06. The fourth-order valence-corrected chi connectivity index (χ4v) is 3.84. The zero-order valence-corrected chi connectivity index (χ0v) is 10.6. The number of nitrogens with one attached hydrogen (secondary N) is 1. The van der Waals surface area contributed by atoms with Crippen LogP contribution in [-0.4, -0.2) is 43.7 Å². The molecule has 1 saturated heterocycles. The second-order valence-corrected chi connectivity index (χ2v) is 6.61. The van der Waals surface area contributed by atoms with Gasteiger partial charge in [0.15, 0.2) is 9.84 Å². The number of hydrogen-bond acceptors (Lipinski definition) is 3. The molecule has 17 heavy (non-hydrogen) atoms. The van der Waals surface area contributed by atoms with E-state index in [4.69, 9.17) is 5.41 Å². The summed E-state index contributed by atoms with van der Waals surface area (Å²) in [6, 6.07) is 9.32. The van der Waals surface area contributed by atoms with Crippen LogP contribution in [0.3, 0.4) is 0 Å². The molecule has 1 heterocycles. The number of rotatable bonds is 2. The van der Waals surface area contributed by atoms with Crippen LogP contribution >= 0.6 is 0 Å². The van der Waals surface area contributed by atoms with Crippen molar-refractivity contribution in [3.8, 4) is 0 Å². The largest absolute Gasteiger partial charge is 0.356 e. The topological polar surface area (TPSA) is 61.2 Å². The standard InChI is InChI=1S/C12H16N2O2S/c1-14(11-7-8-17(15,16)9-11)12(13)10-5-3-2-4-6-10/h2-6,11,13H,7-9H2,1H3. The van der Waals surface area contributed by atoms with Crippen molar-refractivity contribution in [2.75, 3.05) is 18.6 Å². The highest BCUT2D eigenvalue weighted by atomic mass is 32.2. The van der Waals surface area contributed by atoms with Crippen LogP contribution in [0.1, 0.15) is 12.0 Å². The van der Waals surface area contributed by atoms with E-state index in [2.05, 4.69) is 0 Å². The molecular weight excluding hydrogens is 236 g/mol. The summed E-state index contributed by atoms with van der Waals surface area (Å²) in [7, 11) is -1.10. The first-order chi connectivity index (χ1) is 7.99. The van der Waals surface area contributed by atoms with Crippen LogP contribution in [0, 0.1) is 5.41 Å². The Bertz CT molecular complexity index is 511. The van der Waals surface area contributed by atoms with Gasteiger partial charge in [-0.2, -0.15) is 0 Å². The first kappa shape index (κ1) is 12.1. The number of sulfone groups is 1. The summed E-state index contributed by atoms with van der Waals surface area (Å²) in [5.74, 6) is 0.788. The average Bonchev–Trinajstić information content (AvgIpc) is 2.69. The number of benzene rings is 1. The molecule has 1 unspecified atom stereocenters. The predicted octanol–water partition coefficient (Wildman–Crippen LogP) is 1.13. The lowest BCUT2D eigenvalue weighted by Gasteiger charge is -2.26. The molecule has 0 spiro atoms. The van der Waals surface area contributed by atoms with Crippen molar-refractivity contribution in [2.45, 2.75) is 12.5 Å². The van der Waals surface area contributed by atoms with Crippen molar-refractivity contribution in [3.63, 3.8) is 0 Å². The molecule has 5 heteroatoms.